The first-order valence-electron chi connectivity index (χ1n) is 6.03. The van der Waals surface area contributed by atoms with Gasteiger partial charge in [-0.05, 0) is 37.1 Å². The summed E-state index contributed by atoms with van der Waals surface area (Å²) in [5.41, 5.74) is 7.09. The third kappa shape index (κ3) is 4.55. The monoisotopic (exact) mass is 327 g/mol. The Hall–Kier alpha value is -1.56. The number of rotatable bonds is 5. The van der Waals surface area contributed by atoms with Gasteiger partial charge in [-0.3, -0.25) is 4.79 Å². The molecule has 19 heavy (non-hydrogen) atoms. The van der Waals surface area contributed by atoms with Crippen LogP contribution in [0.3, 0.4) is 0 Å². The lowest BCUT2D eigenvalue weighted by Gasteiger charge is -2.16. The van der Waals surface area contributed by atoms with Gasteiger partial charge < -0.3 is 16.3 Å². The molecular weight excluding hydrogens is 310 g/mol. The molecular formula is C13H18BrN3O2. The minimum absolute atomic E-state index is 0.0157. The standard InChI is InChI=1S/C13H18BrN3O2/c1-3-4-11(12(15)17-19)16-13(18)9-5-8(2)6-10(14)7-9/h5-7,11,19H,3-4H2,1-2H3,(H2,15,17)(H,16,18). The molecule has 0 bridgehead atoms. The minimum atomic E-state index is -0.457. The molecule has 0 saturated heterocycles. The van der Waals surface area contributed by atoms with Crippen LogP contribution in [0.5, 0.6) is 0 Å². The van der Waals surface area contributed by atoms with Crippen LogP contribution in [0.2, 0.25) is 0 Å². The van der Waals surface area contributed by atoms with E-state index in [2.05, 4.69) is 26.4 Å². The Kier molecular flexibility index (Phi) is 5.82. The lowest BCUT2D eigenvalue weighted by molar-refractivity contribution is 0.0944. The van der Waals surface area contributed by atoms with Gasteiger partial charge in [0.1, 0.15) is 0 Å². The number of oxime groups is 1. The Bertz CT molecular complexity index is 469. The van der Waals surface area contributed by atoms with Crippen molar-refractivity contribution < 1.29 is 10.0 Å². The summed E-state index contributed by atoms with van der Waals surface area (Å²) in [6, 6.07) is 4.98. The van der Waals surface area contributed by atoms with Crippen molar-refractivity contribution in [2.24, 2.45) is 10.9 Å². The summed E-state index contributed by atoms with van der Waals surface area (Å²) < 4.78 is 0.841. The van der Waals surface area contributed by atoms with E-state index in [4.69, 9.17) is 10.9 Å². The first-order valence-corrected chi connectivity index (χ1v) is 6.82. The molecule has 1 unspecified atom stereocenters. The molecule has 1 aromatic carbocycles. The van der Waals surface area contributed by atoms with E-state index in [1.165, 1.54) is 0 Å². The van der Waals surface area contributed by atoms with Gasteiger partial charge in [0, 0.05) is 10.0 Å². The van der Waals surface area contributed by atoms with Gasteiger partial charge in [-0.25, -0.2) is 0 Å². The number of benzene rings is 1. The van der Waals surface area contributed by atoms with Crippen LogP contribution >= 0.6 is 15.9 Å². The van der Waals surface area contributed by atoms with E-state index in [1.54, 1.807) is 12.1 Å². The summed E-state index contributed by atoms with van der Waals surface area (Å²) in [6.45, 7) is 3.88. The van der Waals surface area contributed by atoms with Crippen LogP contribution in [0.25, 0.3) is 0 Å². The average molecular weight is 328 g/mol. The highest BCUT2D eigenvalue weighted by atomic mass is 79.9. The molecule has 0 saturated carbocycles. The molecule has 1 atom stereocenters. The third-order valence-corrected chi connectivity index (χ3v) is 3.12. The molecule has 0 aliphatic rings. The first kappa shape index (κ1) is 15.5. The molecule has 0 heterocycles. The van der Waals surface area contributed by atoms with Gasteiger partial charge in [-0.15, -0.1) is 0 Å². The average Bonchev–Trinajstić information content (AvgIpc) is 2.36. The first-order chi connectivity index (χ1) is 8.97. The number of carbonyl (C=O) groups excluding carboxylic acids is 1. The molecule has 5 nitrogen and oxygen atoms in total. The highest BCUT2D eigenvalue weighted by Gasteiger charge is 2.17. The van der Waals surface area contributed by atoms with Crippen LogP contribution in [-0.2, 0) is 0 Å². The van der Waals surface area contributed by atoms with Gasteiger partial charge >= 0.3 is 0 Å². The van der Waals surface area contributed by atoms with Gasteiger partial charge in [-0.1, -0.05) is 34.4 Å². The molecule has 0 aliphatic carbocycles. The number of aryl methyl sites for hydroxylation is 1. The summed E-state index contributed by atoms with van der Waals surface area (Å²) in [5, 5.41) is 14.4. The van der Waals surface area contributed by atoms with E-state index in [1.807, 2.05) is 19.9 Å². The number of amidine groups is 1. The van der Waals surface area contributed by atoms with Crippen molar-refractivity contribution in [3.8, 4) is 0 Å². The van der Waals surface area contributed by atoms with Crippen molar-refractivity contribution in [2.45, 2.75) is 32.7 Å². The van der Waals surface area contributed by atoms with Gasteiger partial charge in [0.15, 0.2) is 5.84 Å². The molecule has 0 spiro atoms. The number of nitrogens with zero attached hydrogens (tertiary/aromatic N) is 1. The molecule has 0 aromatic heterocycles. The van der Waals surface area contributed by atoms with Crippen LogP contribution in [0.15, 0.2) is 27.8 Å². The minimum Gasteiger partial charge on any atom is -0.409 e. The molecule has 0 fully saturated rings. The number of carbonyl (C=O) groups is 1. The van der Waals surface area contributed by atoms with Gasteiger partial charge in [0.05, 0.1) is 6.04 Å². The number of hydrogen-bond donors (Lipinski definition) is 3. The Morgan fingerprint density at radius 2 is 2.21 bits per heavy atom. The summed E-state index contributed by atoms with van der Waals surface area (Å²) in [4.78, 5) is 12.1. The topological polar surface area (TPSA) is 87.7 Å². The number of amides is 1. The zero-order valence-electron chi connectivity index (χ0n) is 11.0. The fourth-order valence-corrected chi connectivity index (χ4v) is 2.37. The van der Waals surface area contributed by atoms with Crippen LogP contribution in [0, 0.1) is 6.92 Å². The maximum Gasteiger partial charge on any atom is 0.251 e. The van der Waals surface area contributed by atoms with Gasteiger partial charge in [-0.2, -0.15) is 0 Å². The lowest BCUT2D eigenvalue weighted by Crippen LogP contribution is -2.44. The highest BCUT2D eigenvalue weighted by molar-refractivity contribution is 9.10. The predicted octanol–water partition coefficient (Wildman–Crippen LogP) is 2.40. The zero-order valence-corrected chi connectivity index (χ0v) is 12.6. The van der Waals surface area contributed by atoms with Crippen LogP contribution in [0.4, 0.5) is 0 Å². The number of nitrogens with one attached hydrogen (secondary N) is 1. The summed E-state index contributed by atoms with van der Waals surface area (Å²) >= 11 is 3.35. The Balaban J connectivity index is 2.87. The Morgan fingerprint density at radius 1 is 1.53 bits per heavy atom. The van der Waals surface area contributed by atoms with E-state index in [9.17, 15) is 4.79 Å². The van der Waals surface area contributed by atoms with Gasteiger partial charge in [0.2, 0.25) is 0 Å². The molecule has 4 N–H and O–H groups in total. The van der Waals surface area contributed by atoms with Crippen molar-refractivity contribution in [3.05, 3.63) is 33.8 Å². The van der Waals surface area contributed by atoms with Crippen molar-refractivity contribution >= 4 is 27.7 Å². The second-order valence-electron chi connectivity index (χ2n) is 4.36. The zero-order chi connectivity index (χ0) is 14.4. The van der Waals surface area contributed by atoms with E-state index >= 15 is 0 Å². The summed E-state index contributed by atoms with van der Waals surface area (Å²) in [5.74, 6) is -0.226. The quantitative estimate of drug-likeness (QED) is 0.336. The third-order valence-electron chi connectivity index (χ3n) is 2.66. The summed E-state index contributed by atoms with van der Waals surface area (Å²) in [6.07, 6.45) is 1.44. The molecule has 1 amide bonds. The van der Waals surface area contributed by atoms with Crippen LogP contribution < -0.4 is 11.1 Å². The van der Waals surface area contributed by atoms with Crippen molar-refractivity contribution in [3.63, 3.8) is 0 Å². The second-order valence-corrected chi connectivity index (χ2v) is 5.27. The molecule has 0 radical (unpaired) electrons. The largest absolute Gasteiger partial charge is 0.409 e. The van der Waals surface area contributed by atoms with E-state index < -0.39 is 6.04 Å². The number of nitrogens with two attached hydrogens (primary N) is 1. The Labute approximate surface area is 121 Å². The normalized spacial score (nSPS) is 13.1. The van der Waals surface area contributed by atoms with Crippen molar-refractivity contribution in [1.82, 2.24) is 5.32 Å². The Morgan fingerprint density at radius 3 is 2.74 bits per heavy atom. The number of halogens is 1. The predicted molar refractivity (Wildman–Crippen MR) is 78.5 cm³/mol. The van der Waals surface area contributed by atoms with Crippen molar-refractivity contribution in [1.29, 1.82) is 0 Å². The fraction of sp³-hybridized carbons (Fsp3) is 0.385. The lowest BCUT2D eigenvalue weighted by atomic mass is 10.1. The smallest absolute Gasteiger partial charge is 0.251 e. The van der Waals surface area contributed by atoms with E-state index in [-0.39, 0.29) is 11.7 Å². The van der Waals surface area contributed by atoms with Gasteiger partial charge in [0.25, 0.3) is 5.91 Å². The second kappa shape index (κ2) is 7.13. The van der Waals surface area contributed by atoms with Crippen LogP contribution in [-0.4, -0.2) is 23.0 Å². The highest BCUT2D eigenvalue weighted by Crippen LogP contribution is 2.15. The number of hydrogen-bond acceptors (Lipinski definition) is 3. The SMILES string of the molecule is CCCC(NC(=O)c1cc(C)cc(Br)c1)/C(N)=N/O. The molecule has 6 heteroatoms. The maximum absolute atomic E-state index is 12.1. The maximum atomic E-state index is 12.1. The summed E-state index contributed by atoms with van der Waals surface area (Å²) in [7, 11) is 0. The van der Waals surface area contributed by atoms with Crippen molar-refractivity contribution in [2.75, 3.05) is 0 Å². The van der Waals surface area contributed by atoms with E-state index in [0.29, 0.717) is 12.0 Å². The van der Waals surface area contributed by atoms with E-state index in [0.717, 1.165) is 16.5 Å². The molecule has 104 valence electrons. The molecule has 1 aromatic rings. The van der Waals surface area contributed by atoms with Crippen LogP contribution in [0.1, 0.15) is 35.7 Å². The molecule has 0 aliphatic heterocycles. The fourth-order valence-electron chi connectivity index (χ4n) is 1.76. The molecule has 1 rings (SSSR count).